The van der Waals surface area contributed by atoms with E-state index in [1.165, 1.54) is 6.07 Å². The van der Waals surface area contributed by atoms with E-state index in [1.54, 1.807) is 12.0 Å². The Labute approximate surface area is 129 Å². The molecule has 0 bridgehead atoms. The fraction of sp³-hybridized carbons (Fsp3) is 0.562. The maximum atomic E-state index is 13.2. The van der Waals surface area contributed by atoms with Gasteiger partial charge >= 0.3 is 0 Å². The summed E-state index contributed by atoms with van der Waals surface area (Å²) in [6.45, 7) is 3.03. The lowest BCUT2D eigenvalue weighted by molar-refractivity contribution is 0.0327. The minimum atomic E-state index is -0.993. The third-order valence-electron chi connectivity index (χ3n) is 3.85. The Bertz CT molecular complexity index is 502. The fourth-order valence-electron chi connectivity index (χ4n) is 2.51. The van der Waals surface area contributed by atoms with Crippen LogP contribution < -0.4 is 0 Å². The van der Waals surface area contributed by atoms with Crippen LogP contribution >= 0.6 is 0 Å². The maximum absolute atomic E-state index is 13.2. The van der Waals surface area contributed by atoms with Crippen molar-refractivity contribution in [2.75, 3.05) is 40.0 Å². The number of halogens is 2. The van der Waals surface area contributed by atoms with Crippen molar-refractivity contribution in [1.82, 2.24) is 4.90 Å². The first-order chi connectivity index (χ1) is 10.6. The van der Waals surface area contributed by atoms with Crippen LogP contribution in [0.15, 0.2) is 18.2 Å². The number of hydrogen-bond acceptors (Lipinski definition) is 3. The van der Waals surface area contributed by atoms with Crippen LogP contribution in [-0.4, -0.2) is 50.8 Å². The average molecular weight is 313 g/mol. The Morgan fingerprint density at radius 1 is 1.23 bits per heavy atom. The molecule has 1 aliphatic heterocycles. The van der Waals surface area contributed by atoms with Crippen LogP contribution in [0.2, 0.25) is 0 Å². The van der Waals surface area contributed by atoms with Crippen molar-refractivity contribution in [2.24, 2.45) is 5.92 Å². The molecule has 1 aromatic rings. The van der Waals surface area contributed by atoms with Crippen molar-refractivity contribution >= 4 is 5.91 Å². The Balaban J connectivity index is 1.80. The van der Waals surface area contributed by atoms with Gasteiger partial charge in [0.15, 0.2) is 11.6 Å². The molecule has 122 valence electrons. The summed E-state index contributed by atoms with van der Waals surface area (Å²) in [5, 5.41) is 0. The van der Waals surface area contributed by atoms with Gasteiger partial charge in [0.1, 0.15) is 0 Å². The number of piperidine rings is 1. The maximum Gasteiger partial charge on any atom is 0.253 e. The summed E-state index contributed by atoms with van der Waals surface area (Å²) in [5.74, 6) is -1.76. The van der Waals surface area contributed by atoms with Crippen molar-refractivity contribution < 1.29 is 23.0 Å². The number of rotatable bonds is 6. The molecule has 0 N–H and O–H groups in total. The summed E-state index contributed by atoms with van der Waals surface area (Å²) in [6, 6.07) is 3.26. The van der Waals surface area contributed by atoms with Gasteiger partial charge in [0.25, 0.3) is 5.91 Å². The van der Waals surface area contributed by atoms with Crippen molar-refractivity contribution in [2.45, 2.75) is 12.8 Å². The lowest BCUT2D eigenvalue weighted by atomic mass is 9.97. The van der Waals surface area contributed by atoms with Crippen LogP contribution in [-0.2, 0) is 9.47 Å². The van der Waals surface area contributed by atoms with Gasteiger partial charge in [-0.05, 0) is 37.0 Å². The summed E-state index contributed by atoms with van der Waals surface area (Å²) >= 11 is 0. The number of hydrogen-bond donors (Lipinski definition) is 0. The van der Waals surface area contributed by atoms with Crippen LogP contribution in [0, 0.1) is 17.6 Å². The van der Waals surface area contributed by atoms with Crippen molar-refractivity contribution in [1.29, 1.82) is 0 Å². The van der Waals surface area contributed by atoms with E-state index < -0.39 is 11.6 Å². The number of carbonyl (C=O) groups is 1. The van der Waals surface area contributed by atoms with Gasteiger partial charge in [0, 0.05) is 32.4 Å². The highest BCUT2D eigenvalue weighted by Crippen LogP contribution is 2.20. The molecular formula is C16H21F2NO3. The van der Waals surface area contributed by atoms with Gasteiger partial charge in [-0.1, -0.05) is 0 Å². The molecule has 0 unspecified atom stereocenters. The smallest absolute Gasteiger partial charge is 0.253 e. The summed E-state index contributed by atoms with van der Waals surface area (Å²) in [4.78, 5) is 13.9. The molecule has 1 aliphatic rings. The first-order valence-electron chi connectivity index (χ1n) is 7.43. The van der Waals surface area contributed by atoms with E-state index in [0.29, 0.717) is 38.8 Å². The van der Waals surface area contributed by atoms with Crippen molar-refractivity contribution in [3.05, 3.63) is 35.4 Å². The zero-order chi connectivity index (χ0) is 15.9. The lowest BCUT2D eigenvalue weighted by Gasteiger charge is -2.32. The summed E-state index contributed by atoms with van der Waals surface area (Å²) < 4.78 is 36.5. The van der Waals surface area contributed by atoms with Crippen LogP contribution in [0.1, 0.15) is 23.2 Å². The third kappa shape index (κ3) is 4.48. The molecule has 0 atom stereocenters. The number of benzene rings is 1. The Morgan fingerprint density at radius 3 is 2.59 bits per heavy atom. The molecule has 6 heteroatoms. The van der Waals surface area contributed by atoms with Gasteiger partial charge in [-0.15, -0.1) is 0 Å². The Morgan fingerprint density at radius 2 is 1.95 bits per heavy atom. The van der Waals surface area contributed by atoms with E-state index >= 15 is 0 Å². The molecule has 0 aliphatic carbocycles. The highest BCUT2D eigenvalue weighted by atomic mass is 19.2. The quantitative estimate of drug-likeness (QED) is 0.757. The minimum Gasteiger partial charge on any atom is -0.382 e. The normalized spacial score (nSPS) is 16.0. The first-order valence-corrected chi connectivity index (χ1v) is 7.43. The number of nitrogens with zero attached hydrogens (tertiary/aromatic N) is 1. The molecule has 1 saturated heterocycles. The highest BCUT2D eigenvalue weighted by Gasteiger charge is 2.24. The van der Waals surface area contributed by atoms with Gasteiger partial charge < -0.3 is 14.4 Å². The van der Waals surface area contributed by atoms with Crippen LogP contribution in [0.4, 0.5) is 8.78 Å². The first kappa shape index (κ1) is 16.8. The Kier molecular flexibility index (Phi) is 6.27. The molecule has 0 aromatic heterocycles. The van der Waals surface area contributed by atoms with Gasteiger partial charge in [-0.25, -0.2) is 8.78 Å². The lowest BCUT2D eigenvalue weighted by Crippen LogP contribution is -2.39. The predicted octanol–water partition coefficient (Wildman–Crippen LogP) is 2.48. The van der Waals surface area contributed by atoms with Gasteiger partial charge in [0.2, 0.25) is 0 Å². The van der Waals surface area contributed by atoms with E-state index in [1.807, 2.05) is 0 Å². The zero-order valence-electron chi connectivity index (χ0n) is 12.7. The third-order valence-corrected chi connectivity index (χ3v) is 3.85. The Hall–Kier alpha value is -1.53. The zero-order valence-corrected chi connectivity index (χ0v) is 12.7. The largest absolute Gasteiger partial charge is 0.382 e. The molecule has 1 heterocycles. The standard InChI is InChI=1S/C16H21F2NO3/c1-21-8-9-22-11-12-4-6-19(7-5-12)16(20)13-2-3-14(17)15(18)10-13/h2-3,10,12H,4-9,11H2,1H3. The molecule has 1 amide bonds. The summed E-state index contributed by atoms with van der Waals surface area (Å²) in [5.41, 5.74) is 0.189. The van der Waals surface area contributed by atoms with E-state index in [9.17, 15) is 13.6 Å². The molecule has 4 nitrogen and oxygen atoms in total. The molecule has 22 heavy (non-hydrogen) atoms. The average Bonchev–Trinajstić information content (AvgIpc) is 2.54. The molecule has 1 fully saturated rings. The molecule has 0 saturated carbocycles. The van der Waals surface area contributed by atoms with Crippen molar-refractivity contribution in [3.63, 3.8) is 0 Å². The molecule has 0 radical (unpaired) electrons. The fourth-order valence-corrected chi connectivity index (χ4v) is 2.51. The number of likely N-dealkylation sites (tertiary alicyclic amines) is 1. The summed E-state index contributed by atoms with van der Waals surface area (Å²) in [6.07, 6.45) is 1.70. The number of ether oxygens (including phenoxy) is 2. The minimum absolute atomic E-state index is 0.189. The second kappa shape index (κ2) is 8.19. The van der Waals surface area contributed by atoms with Gasteiger partial charge in [-0.3, -0.25) is 4.79 Å². The second-order valence-corrected chi connectivity index (χ2v) is 5.43. The number of amides is 1. The predicted molar refractivity (Wildman–Crippen MR) is 77.7 cm³/mol. The van der Waals surface area contributed by atoms with Gasteiger partial charge in [-0.2, -0.15) is 0 Å². The monoisotopic (exact) mass is 313 g/mol. The highest BCUT2D eigenvalue weighted by molar-refractivity contribution is 5.94. The van der Waals surface area contributed by atoms with Crippen molar-refractivity contribution in [3.8, 4) is 0 Å². The van der Waals surface area contributed by atoms with Crippen LogP contribution in [0.25, 0.3) is 0 Å². The molecule has 2 rings (SSSR count). The molecular weight excluding hydrogens is 292 g/mol. The topological polar surface area (TPSA) is 38.8 Å². The number of methoxy groups -OCH3 is 1. The van der Waals surface area contributed by atoms with E-state index in [-0.39, 0.29) is 11.5 Å². The van der Waals surface area contributed by atoms with Crippen LogP contribution in [0.5, 0.6) is 0 Å². The SMILES string of the molecule is COCCOCC1CCN(C(=O)c2ccc(F)c(F)c2)CC1. The van der Waals surface area contributed by atoms with E-state index in [4.69, 9.17) is 9.47 Å². The van der Waals surface area contributed by atoms with Crippen LogP contribution in [0.3, 0.4) is 0 Å². The van der Waals surface area contributed by atoms with Gasteiger partial charge in [0.05, 0.1) is 13.2 Å². The number of carbonyl (C=O) groups excluding carboxylic acids is 1. The molecule has 0 spiro atoms. The summed E-state index contributed by atoms with van der Waals surface area (Å²) in [7, 11) is 1.63. The molecule has 1 aromatic carbocycles. The van der Waals surface area contributed by atoms with E-state index in [0.717, 1.165) is 25.0 Å². The second-order valence-electron chi connectivity index (χ2n) is 5.43. The van der Waals surface area contributed by atoms with E-state index in [2.05, 4.69) is 0 Å².